The minimum atomic E-state index is -0.298. The summed E-state index contributed by atoms with van der Waals surface area (Å²) < 4.78 is 0. The average molecular weight is 306 g/mol. The maximum atomic E-state index is 10.4. The zero-order valence-corrected chi connectivity index (χ0v) is 13.1. The molecule has 0 amide bonds. The van der Waals surface area contributed by atoms with Gasteiger partial charge >= 0.3 is 0 Å². The predicted molar refractivity (Wildman–Crippen MR) is 93.7 cm³/mol. The van der Waals surface area contributed by atoms with E-state index in [1.807, 2.05) is 0 Å². The number of benzene rings is 2. The summed E-state index contributed by atoms with van der Waals surface area (Å²) in [5.74, 6) is 0. The van der Waals surface area contributed by atoms with Gasteiger partial charge in [0, 0.05) is 29.6 Å². The summed E-state index contributed by atoms with van der Waals surface area (Å²) in [6.45, 7) is 0.881. The van der Waals surface area contributed by atoms with E-state index in [2.05, 4.69) is 65.0 Å². The third-order valence-electron chi connectivity index (χ3n) is 4.93. The number of hydrogen-bond acceptors (Lipinski definition) is 2. The van der Waals surface area contributed by atoms with Gasteiger partial charge in [-0.15, -0.1) is 0 Å². The van der Waals surface area contributed by atoms with Gasteiger partial charge in [0.05, 0.1) is 6.10 Å². The first kappa shape index (κ1) is 14.5. The monoisotopic (exact) mass is 306 g/mol. The number of para-hydroxylation sites is 1. The fraction of sp³-hybridized carbons (Fsp3) is 0.300. The van der Waals surface area contributed by atoms with Crippen molar-refractivity contribution in [2.24, 2.45) is 0 Å². The van der Waals surface area contributed by atoms with E-state index < -0.39 is 0 Å². The Morgan fingerprint density at radius 1 is 1.00 bits per heavy atom. The van der Waals surface area contributed by atoms with Crippen LogP contribution in [0.15, 0.2) is 54.7 Å². The van der Waals surface area contributed by atoms with Crippen LogP contribution < -0.4 is 5.32 Å². The normalized spacial score (nSPS) is 20.6. The number of fused-ring (bicyclic) bond motifs is 2. The first-order valence-electron chi connectivity index (χ1n) is 8.34. The second kappa shape index (κ2) is 6.19. The Morgan fingerprint density at radius 2 is 1.74 bits per heavy atom. The molecule has 2 aromatic carbocycles. The standard InChI is InChI=1S/C20H22N2O/c23-20-12-15-6-2-1-5-14(15)11-19(20)21-10-9-16-13-22-18-8-4-3-7-17(16)18/h1-8,13,19-23H,9-12H2/t19-,20-/m0/s1. The van der Waals surface area contributed by atoms with Crippen LogP contribution in [-0.4, -0.2) is 28.8 Å². The van der Waals surface area contributed by atoms with Gasteiger partial charge in [0.1, 0.15) is 0 Å². The zero-order chi connectivity index (χ0) is 15.6. The summed E-state index contributed by atoms with van der Waals surface area (Å²) in [5.41, 5.74) is 5.17. The molecule has 0 unspecified atom stereocenters. The molecule has 4 rings (SSSR count). The lowest BCUT2D eigenvalue weighted by Gasteiger charge is -2.30. The van der Waals surface area contributed by atoms with Crippen LogP contribution in [-0.2, 0) is 19.3 Å². The average Bonchev–Trinajstić information content (AvgIpc) is 2.99. The molecule has 0 bridgehead atoms. The van der Waals surface area contributed by atoms with Crippen molar-refractivity contribution in [3.8, 4) is 0 Å². The first-order valence-corrected chi connectivity index (χ1v) is 8.34. The predicted octanol–water partition coefficient (Wildman–Crippen LogP) is 2.83. The highest BCUT2D eigenvalue weighted by atomic mass is 16.3. The van der Waals surface area contributed by atoms with Crippen molar-refractivity contribution in [1.29, 1.82) is 0 Å². The molecule has 0 spiro atoms. The Labute approximate surface area is 136 Å². The molecular formula is C20H22N2O. The molecule has 1 aromatic heterocycles. The molecule has 3 aromatic rings. The maximum absolute atomic E-state index is 10.4. The summed E-state index contributed by atoms with van der Waals surface area (Å²) in [5, 5.41) is 15.2. The van der Waals surface area contributed by atoms with E-state index in [1.54, 1.807) is 0 Å². The van der Waals surface area contributed by atoms with Crippen molar-refractivity contribution in [3.63, 3.8) is 0 Å². The summed E-state index contributed by atoms with van der Waals surface area (Å²) in [4.78, 5) is 3.32. The number of aromatic amines is 1. The van der Waals surface area contributed by atoms with Gasteiger partial charge < -0.3 is 15.4 Å². The fourth-order valence-electron chi connectivity index (χ4n) is 3.64. The Bertz CT molecular complexity index is 808. The van der Waals surface area contributed by atoms with Crippen molar-refractivity contribution in [3.05, 3.63) is 71.4 Å². The Morgan fingerprint density at radius 3 is 2.61 bits per heavy atom. The number of nitrogens with one attached hydrogen (secondary N) is 2. The second-order valence-corrected chi connectivity index (χ2v) is 6.41. The molecule has 0 radical (unpaired) electrons. The summed E-state index contributed by atoms with van der Waals surface area (Å²) >= 11 is 0. The molecular weight excluding hydrogens is 284 g/mol. The minimum Gasteiger partial charge on any atom is -0.391 e. The molecule has 23 heavy (non-hydrogen) atoms. The van der Waals surface area contributed by atoms with Crippen molar-refractivity contribution in [2.75, 3.05) is 6.54 Å². The van der Waals surface area contributed by atoms with Crippen LogP contribution >= 0.6 is 0 Å². The van der Waals surface area contributed by atoms with Crippen LogP contribution in [0.1, 0.15) is 16.7 Å². The van der Waals surface area contributed by atoms with E-state index in [1.165, 1.54) is 27.6 Å². The third kappa shape index (κ3) is 2.90. The molecule has 2 atom stereocenters. The molecule has 0 saturated heterocycles. The first-order chi connectivity index (χ1) is 11.3. The number of H-pyrrole nitrogens is 1. The Hall–Kier alpha value is -2.10. The molecule has 3 nitrogen and oxygen atoms in total. The lowest BCUT2D eigenvalue weighted by atomic mass is 9.86. The summed E-state index contributed by atoms with van der Waals surface area (Å²) in [6.07, 6.45) is 4.42. The maximum Gasteiger partial charge on any atom is 0.0736 e. The van der Waals surface area contributed by atoms with Crippen LogP contribution in [0.3, 0.4) is 0 Å². The minimum absolute atomic E-state index is 0.148. The number of aliphatic hydroxyl groups excluding tert-OH is 1. The van der Waals surface area contributed by atoms with Crippen LogP contribution in [0.5, 0.6) is 0 Å². The van der Waals surface area contributed by atoms with E-state index in [9.17, 15) is 5.11 Å². The third-order valence-corrected chi connectivity index (χ3v) is 4.93. The molecule has 1 heterocycles. The van der Waals surface area contributed by atoms with Gasteiger partial charge in [0.25, 0.3) is 0 Å². The number of aromatic nitrogens is 1. The lowest BCUT2D eigenvalue weighted by Crippen LogP contribution is -2.46. The van der Waals surface area contributed by atoms with Crippen LogP contribution in [0.2, 0.25) is 0 Å². The van der Waals surface area contributed by atoms with Gasteiger partial charge in [0.15, 0.2) is 0 Å². The highest BCUT2D eigenvalue weighted by Crippen LogP contribution is 2.22. The topological polar surface area (TPSA) is 48.0 Å². The lowest BCUT2D eigenvalue weighted by molar-refractivity contribution is 0.120. The highest BCUT2D eigenvalue weighted by Gasteiger charge is 2.25. The van der Waals surface area contributed by atoms with Crippen LogP contribution in [0, 0.1) is 0 Å². The molecule has 0 aliphatic heterocycles. The molecule has 118 valence electrons. The largest absolute Gasteiger partial charge is 0.391 e. The van der Waals surface area contributed by atoms with Crippen molar-refractivity contribution in [1.82, 2.24) is 10.3 Å². The molecule has 1 aliphatic carbocycles. The van der Waals surface area contributed by atoms with Gasteiger partial charge in [-0.25, -0.2) is 0 Å². The number of aliphatic hydroxyl groups is 1. The molecule has 0 fully saturated rings. The summed E-state index contributed by atoms with van der Waals surface area (Å²) in [7, 11) is 0. The molecule has 3 heteroatoms. The SMILES string of the molecule is O[C@H]1Cc2ccccc2C[C@@H]1NCCc1c[nH]c2ccccc12. The Balaban J connectivity index is 1.40. The van der Waals surface area contributed by atoms with Gasteiger partial charge in [-0.3, -0.25) is 0 Å². The van der Waals surface area contributed by atoms with E-state index in [4.69, 9.17) is 0 Å². The quantitative estimate of drug-likeness (QED) is 0.694. The number of rotatable bonds is 4. The van der Waals surface area contributed by atoms with Gasteiger partial charge in [0.2, 0.25) is 0 Å². The number of hydrogen-bond donors (Lipinski definition) is 3. The van der Waals surface area contributed by atoms with E-state index in [-0.39, 0.29) is 12.1 Å². The second-order valence-electron chi connectivity index (χ2n) is 6.41. The van der Waals surface area contributed by atoms with Gasteiger partial charge in [-0.1, -0.05) is 42.5 Å². The van der Waals surface area contributed by atoms with Crippen LogP contribution in [0.25, 0.3) is 10.9 Å². The summed E-state index contributed by atoms with van der Waals surface area (Å²) in [6, 6.07) is 17.0. The zero-order valence-electron chi connectivity index (χ0n) is 13.1. The van der Waals surface area contributed by atoms with Gasteiger partial charge in [-0.2, -0.15) is 0 Å². The van der Waals surface area contributed by atoms with Crippen molar-refractivity contribution < 1.29 is 5.11 Å². The van der Waals surface area contributed by atoms with E-state index >= 15 is 0 Å². The van der Waals surface area contributed by atoms with Crippen molar-refractivity contribution >= 4 is 10.9 Å². The smallest absolute Gasteiger partial charge is 0.0736 e. The van der Waals surface area contributed by atoms with Crippen molar-refractivity contribution in [2.45, 2.75) is 31.4 Å². The Kier molecular flexibility index (Phi) is 3.90. The van der Waals surface area contributed by atoms with Crippen LogP contribution in [0.4, 0.5) is 0 Å². The van der Waals surface area contributed by atoms with E-state index in [0.717, 1.165) is 25.8 Å². The molecule has 0 saturated carbocycles. The fourth-order valence-corrected chi connectivity index (χ4v) is 3.64. The molecule has 3 N–H and O–H groups in total. The highest BCUT2D eigenvalue weighted by molar-refractivity contribution is 5.83. The molecule has 1 aliphatic rings. The van der Waals surface area contributed by atoms with E-state index in [0.29, 0.717) is 0 Å². The van der Waals surface area contributed by atoms with Gasteiger partial charge in [-0.05, 0) is 42.1 Å².